The molecule has 24 heavy (non-hydrogen) atoms. The standard InChI is InChI=1S/C17H19N3O3.ClH/c21-16(12-7-9-18-10-8-12)19-13-3-5-14(6-4-13)20-17(22)15-2-1-11-23-15;/h1-6,11-12,18H,7-10H2,(H,19,21)(H,20,22);1H. The Hall–Kier alpha value is -2.31. The van der Waals surface area contributed by atoms with Gasteiger partial charge in [-0.3, -0.25) is 9.59 Å². The summed E-state index contributed by atoms with van der Waals surface area (Å²) < 4.78 is 5.04. The molecular weight excluding hydrogens is 330 g/mol. The van der Waals surface area contributed by atoms with Crippen LogP contribution in [0.25, 0.3) is 0 Å². The fourth-order valence-corrected chi connectivity index (χ4v) is 2.57. The number of anilines is 2. The average molecular weight is 350 g/mol. The van der Waals surface area contributed by atoms with Crippen LogP contribution in [-0.4, -0.2) is 24.9 Å². The number of rotatable bonds is 4. The van der Waals surface area contributed by atoms with Crippen LogP contribution in [0.1, 0.15) is 23.4 Å². The molecule has 1 aliphatic rings. The predicted molar refractivity (Wildman–Crippen MR) is 94.6 cm³/mol. The monoisotopic (exact) mass is 349 g/mol. The first-order chi connectivity index (χ1) is 11.2. The molecule has 0 radical (unpaired) electrons. The zero-order chi connectivity index (χ0) is 16.1. The number of piperidine rings is 1. The molecule has 0 bridgehead atoms. The topological polar surface area (TPSA) is 83.4 Å². The first kappa shape index (κ1) is 18.0. The first-order valence-electron chi connectivity index (χ1n) is 7.69. The maximum atomic E-state index is 12.2. The van der Waals surface area contributed by atoms with Crippen LogP contribution < -0.4 is 16.0 Å². The van der Waals surface area contributed by atoms with Crippen molar-refractivity contribution in [1.29, 1.82) is 0 Å². The smallest absolute Gasteiger partial charge is 0.291 e. The van der Waals surface area contributed by atoms with Crippen molar-refractivity contribution in [3.63, 3.8) is 0 Å². The number of halogens is 1. The summed E-state index contributed by atoms with van der Waals surface area (Å²) in [6.45, 7) is 1.77. The van der Waals surface area contributed by atoms with Gasteiger partial charge in [-0.25, -0.2) is 0 Å². The van der Waals surface area contributed by atoms with Crippen molar-refractivity contribution in [3.05, 3.63) is 48.4 Å². The predicted octanol–water partition coefficient (Wildman–Crippen LogP) is 2.89. The van der Waals surface area contributed by atoms with Crippen LogP contribution >= 0.6 is 12.4 Å². The molecule has 1 aromatic carbocycles. The number of nitrogens with one attached hydrogen (secondary N) is 3. The Morgan fingerprint density at radius 1 is 1.00 bits per heavy atom. The number of furan rings is 1. The molecule has 0 saturated carbocycles. The van der Waals surface area contributed by atoms with Gasteiger partial charge in [0, 0.05) is 17.3 Å². The quantitative estimate of drug-likeness (QED) is 0.792. The Morgan fingerprint density at radius 2 is 1.62 bits per heavy atom. The van der Waals surface area contributed by atoms with Gasteiger partial charge in [0.2, 0.25) is 5.91 Å². The lowest BCUT2D eigenvalue weighted by atomic mass is 9.97. The van der Waals surface area contributed by atoms with Crippen molar-refractivity contribution in [3.8, 4) is 0 Å². The molecule has 2 aromatic rings. The number of carbonyl (C=O) groups is 2. The van der Waals surface area contributed by atoms with Crippen molar-refractivity contribution in [2.24, 2.45) is 5.92 Å². The van der Waals surface area contributed by atoms with E-state index in [9.17, 15) is 9.59 Å². The minimum Gasteiger partial charge on any atom is -0.459 e. The van der Waals surface area contributed by atoms with E-state index in [4.69, 9.17) is 4.42 Å². The molecule has 2 heterocycles. The van der Waals surface area contributed by atoms with Crippen molar-refractivity contribution >= 4 is 35.6 Å². The van der Waals surface area contributed by atoms with Crippen molar-refractivity contribution in [2.75, 3.05) is 23.7 Å². The van der Waals surface area contributed by atoms with Gasteiger partial charge < -0.3 is 20.4 Å². The van der Waals surface area contributed by atoms with Gasteiger partial charge in [0.1, 0.15) is 0 Å². The Labute approximate surface area is 146 Å². The average Bonchev–Trinajstić information content (AvgIpc) is 3.12. The van der Waals surface area contributed by atoms with Crippen molar-refractivity contribution in [1.82, 2.24) is 5.32 Å². The van der Waals surface area contributed by atoms with E-state index in [-0.39, 0.29) is 35.9 Å². The van der Waals surface area contributed by atoms with E-state index in [1.165, 1.54) is 6.26 Å². The fourth-order valence-electron chi connectivity index (χ4n) is 2.57. The molecule has 1 fully saturated rings. The lowest BCUT2D eigenvalue weighted by molar-refractivity contribution is -0.120. The Balaban J connectivity index is 0.00000208. The Bertz CT molecular complexity index is 665. The highest BCUT2D eigenvalue weighted by Crippen LogP contribution is 2.18. The Morgan fingerprint density at radius 3 is 2.21 bits per heavy atom. The number of hydrogen-bond donors (Lipinski definition) is 3. The molecule has 1 aliphatic heterocycles. The van der Waals surface area contributed by atoms with E-state index in [0.717, 1.165) is 31.6 Å². The largest absolute Gasteiger partial charge is 0.459 e. The van der Waals surface area contributed by atoms with Gasteiger partial charge in [-0.05, 0) is 62.3 Å². The SMILES string of the molecule is Cl.O=C(Nc1ccc(NC(=O)C2CCNCC2)cc1)c1ccco1. The number of amides is 2. The maximum absolute atomic E-state index is 12.2. The normalized spacial score (nSPS) is 14.5. The van der Waals surface area contributed by atoms with Gasteiger partial charge in [-0.1, -0.05) is 0 Å². The number of hydrogen-bond acceptors (Lipinski definition) is 4. The Kier molecular flexibility index (Phi) is 6.40. The molecule has 3 N–H and O–H groups in total. The molecule has 2 amide bonds. The molecular formula is C17H20ClN3O3. The highest BCUT2D eigenvalue weighted by atomic mass is 35.5. The van der Waals surface area contributed by atoms with Crippen LogP contribution in [0.3, 0.4) is 0 Å². The summed E-state index contributed by atoms with van der Waals surface area (Å²) in [7, 11) is 0. The summed E-state index contributed by atoms with van der Waals surface area (Å²) in [5.41, 5.74) is 1.37. The molecule has 1 aromatic heterocycles. The molecule has 3 rings (SSSR count). The van der Waals surface area contributed by atoms with E-state index >= 15 is 0 Å². The van der Waals surface area contributed by atoms with Crippen molar-refractivity contribution in [2.45, 2.75) is 12.8 Å². The fraction of sp³-hybridized carbons (Fsp3) is 0.294. The molecule has 0 spiro atoms. The lowest BCUT2D eigenvalue weighted by Crippen LogP contribution is -2.34. The maximum Gasteiger partial charge on any atom is 0.291 e. The van der Waals surface area contributed by atoms with Crippen molar-refractivity contribution < 1.29 is 14.0 Å². The first-order valence-corrected chi connectivity index (χ1v) is 7.69. The summed E-state index contributed by atoms with van der Waals surface area (Å²) in [6, 6.07) is 10.3. The van der Waals surface area contributed by atoms with Crippen LogP contribution in [0, 0.1) is 5.92 Å². The summed E-state index contributed by atoms with van der Waals surface area (Å²) in [4.78, 5) is 24.0. The highest BCUT2D eigenvalue weighted by Gasteiger charge is 2.20. The van der Waals surface area contributed by atoms with Gasteiger partial charge in [-0.2, -0.15) is 0 Å². The molecule has 6 nitrogen and oxygen atoms in total. The van der Waals surface area contributed by atoms with Crippen LogP contribution in [0.15, 0.2) is 47.1 Å². The second kappa shape index (κ2) is 8.52. The molecule has 0 aliphatic carbocycles. The summed E-state index contributed by atoms with van der Waals surface area (Å²) >= 11 is 0. The summed E-state index contributed by atoms with van der Waals surface area (Å²) in [5, 5.41) is 8.90. The summed E-state index contributed by atoms with van der Waals surface area (Å²) in [5.74, 6) is 0.0724. The van der Waals surface area contributed by atoms with Gasteiger partial charge in [0.05, 0.1) is 6.26 Å². The second-order valence-electron chi connectivity index (χ2n) is 5.52. The zero-order valence-corrected chi connectivity index (χ0v) is 13.9. The number of benzene rings is 1. The van der Waals surface area contributed by atoms with E-state index in [2.05, 4.69) is 16.0 Å². The zero-order valence-electron chi connectivity index (χ0n) is 13.1. The molecule has 0 atom stereocenters. The third kappa shape index (κ3) is 4.59. The van der Waals surface area contributed by atoms with E-state index in [1.54, 1.807) is 36.4 Å². The molecule has 7 heteroatoms. The van der Waals surface area contributed by atoms with Crippen LogP contribution in [0.2, 0.25) is 0 Å². The van der Waals surface area contributed by atoms with Gasteiger partial charge >= 0.3 is 0 Å². The third-order valence-corrected chi connectivity index (χ3v) is 3.87. The number of carbonyl (C=O) groups excluding carboxylic acids is 2. The van der Waals surface area contributed by atoms with Gasteiger partial charge in [-0.15, -0.1) is 12.4 Å². The van der Waals surface area contributed by atoms with Gasteiger partial charge in [0.25, 0.3) is 5.91 Å². The van der Waals surface area contributed by atoms with Crippen LogP contribution in [0.5, 0.6) is 0 Å². The molecule has 0 unspecified atom stereocenters. The highest BCUT2D eigenvalue weighted by molar-refractivity contribution is 6.02. The minimum atomic E-state index is -0.304. The molecule has 128 valence electrons. The lowest BCUT2D eigenvalue weighted by Gasteiger charge is -2.21. The second-order valence-corrected chi connectivity index (χ2v) is 5.52. The van der Waals surface area contributed by atoms with Crippen LogP contribution in [-0.2, 0) is 4.79 Å². The van der Waals surface area contributed by atoms with E-state index < -0.39 is 0 Å². The summed E-state index contributed by atoms with van der Waals surface area (Å²) in [6.07, 6.45) is 3.18. The van der Waals surface area contributed by atoms with E-state index in [0.29, 0.717) is 5.69 Å². The minimum absolute atomic E-state index is 0. The van der Waals surface area contributed by atoms with E-state index in [1.807, 2.05) is 0 Å². The van der Waals surface area contributed by atoms with Gasteiger partial charge in [0.15, 0.2) is 5.76 Å². The molecule has 1 saturated heterocycles. The third-order valence-electron chi connectivity index (χ3n) is 3.87. The van der Waals surface area contributed by atoms with Crippen LogP contribution in [0.4, 0.5) is 11.4 Å².